The number of hydrogen-bond acceptors (Lipinski definition) is 2. The highest BCUT2D eigenvalue weighted by Gasteiger charge is 2.02. The maximum absolute atomic E-state index is 3.96. The van der Waals surface area contributed by atoms with Crippen LogP contribution in [0.15, 0.2) is 4.40 Å². The molecule has 0 amide bonds. The molecule has 0 radical (unpaired) electrons. The average Bonchev–Trinajstić information content (AvgIpc) is 1.86. The van der Waals surface area contributed by atoms with Crippen LogP contribution < -0.4 is 0 Å². The fourth-order valence-electron chi connectivity index (χ4n) is 0.381. The molecule has 0 N–H and O–H groups in total. The maximum Gasteiger partial charge on any atom is 0.0288 e. The molecule has 1 atom stereocenters. The fourth-order valence-corrected chi connectivity index (χ4v) is 0.933. The topological polar surface area (TPSA) is 12.4 Å². The molecular formula is C4H7NS. The van der Waals surface area contributed by atoms with E-state index in [-0.39, 0.29) is 0 Å². The monoisotopic (exact) mass is 101 g/mol. The van der Waals surface area contributed by atoms with E-state index in [1.807, 2.05) is 6.21 Å². The molecule has 0 saturated carbocycles. The summed E-state index contributed by atoms with van der Waals surface area (Å²) in [4.78, 5) is 0. The molecule has 0 unspecified atom stereocenters. The Morgan fingerprint density at radius 2 is 2.83 bits per heavy atom. The molecule has 0 bridgehead atoms. The highest BCUT2D eigenvalue weighted by atomic mass is 32.2. The number of hydrogen-bond donors (Lipinski definition) is 0. The second kappa shape index (κ2) is 1.65. The summed E-state index contributed by atoms with van der Waals surface area (Å²) < 4.78 is 3.96. The van der Waals surface area contributed by atoms with Gasteiger partial charge in [-0.25, -0.2) is 4.40 Å². The summed E-state index contributed by atoms with van der Waals surface area (Å²) in [5.74, 6) is 0. The van der Waals surface area contributed by atoms with Gasteiger partial charge in [0.05, 0.1) is 0 Å². The summed E-state index contributed by atoms with van der Waals surface area (Å²) in [6.45, 7) is 2.18. The highest BCUT2D eigenvalue weighted by molar-refractivity contribution is 7.99. The Hall–Kier alpha value is 0.0200. The Bertz CT molecular complexity index is 61.9. The van der Waals surface area contributed by atoms with Crippen molar-refractivity contribution in [3.05, 3.63) is 0 Å². The summed E-state index contributed by atoms with van der Waals surface area (Å²) in [6, 6.07) is 0. The van der Waals surface area contributed by atoms with Crippen molar-refractivity contribution in [3.63, 3.8) is 0 Å². The zero-order valence-electron chi connectivity index (χ0n) is 3.72. The second-order valence-electron chi connectivity index (χ2n) is 1.44. The predicted octanol–water partition coefficient (Wildman–Crippen LogP) is 1.50. The van der Waals surface area contributed by atoms with Crippen molar-refractivity contribution in [2.45, 2.75) is 18.6 Å². The Morgan fingerprint density at radius 3 is 3.00 bits per heavy atom. The average molecular weight is 101 g/mol. The first-order valence-electron chi connectivity index (χ1n) is 2.07. The van der Waals surface area contributed by atoms with Gasteiger partial charge in [-0.05, 0) is 18.4 Å². The van der Waals surface area contributed by atoms with Gasteiger partial charge in [0.2, 0.25) is 0 Å². The molecule has 2 heteroatoms. The smallest absolute Gasteiger partial charge is 0.0288 e. The molecule has 1 aliphatic heterocycles. The molecule has 0 aromatic rings. The molecule has 6 heavy (non-hydrogen) atoms. The van der Waals surface area contributed by atoms with Crippen LogP contribution in [0.1, 0.15) is 13.3 Å². The minimum Gasteiger partial charge on any atom is -0.229 e. The third-order valence-electron chi connectivity index (χ3n) is 0.753. The van der Waals surface area contributed by atoms with Gasteiger partial charge in [0.15, 0.2) is 0 Å². The largest absolute Gasteiger partial charge is 0.229 e. The Morgan fingerprint density at radius 1 is 2.00 bits per heavy atom. The van der Waals surface area contributed by atoms with E-state index in [1.165, 1.54) is 0 Å². The maximum atomic E-state index is 3.96. The number of nitrogens with zero attached hydrogens (tertiary/aromatic N) is 1. The molecular weight excluding hydrogens is 94.1 g/mol. The zero-order valence-corrected chi connectivity index (χ0v) is 4.53. The van der Waals surface area contributed by atoms with E-state index in [1.54, 1.807) is 11.9 Å². The summed E-state index contributed by atoms with van der Waals surface area (Å²) in [7, 11) is 0. The van der Waals surface area contributed by atoms with Crippen LogP contribution in [-0.2, 0) is 0 Å². The van der Waals surface area contributed by atoms with Crippen LogP contribution >= 0.6 is 11.9 Å². The van der Waals surface area contributed by atoms with Crippen LogP contribution in [0.3, 0.4) is 0 Å². The third-order valence-corrected chi connectivity index (χ3v) is 1.58. The normalized spacial score (nSPS) is 31.8. The van der Waals surface area contributed by atoms with Gasteiger partial charge in [0, 0.05) is 11.5 Å². The van der Waals surface area contributed by atoms with Crippen molar-refractivity contribution >= 4 is 18.2 Å². The Balaban J connectivity index is 2.32. The van der Waals surface area contributed by atoms with Crippen molar-refractivity contribution in [3.8, 4) is 0 Å². The molecule has 1 heterocycles. The van der Waals surface area contributed by atoms with Crippen LogP contribution in [0.2, 0.25) is 0 Å². The van der Waals surface area contributed by atoms with E-state index in [0.717, 1.165) is 11.7 Å². The van der Waals surface area contributed by atoms with E-state index in [2.05, 4.69) is 11.3 Å². The summed E-state index contributed by atoms with van der Waals surface area (Å²) >= 11 is 1.67. The zero-order chi connectivity index (χ0) is 4.41. The van der Waals surface area contributed by atoms with Crippen molar-refractivity contribution < 1.29 is 0 Å². The van der Waals surface area contributed by atoms with Gasteiger partial charge in [0.25, 0.3) is 0 Å². The molecule has 0 fully saturated rings. The first-order chi connectivity index (χ1) is 2.89. The van der Waals surface area contributed by atoms with Gasteiger partial charge in [-0.1, -0.05) is 6.92 Å². The van der Waals surface area contributed by atoms with Gasteiger partial charge in [-0.2, -0.15) is 0 Å². The van der Waals surface area contributed by atoms with Gasteiger partial charge >= 0.3 is 0 Å². The van der Waals surface area contributed by atoms with Crippen LogP contribution in [0, 0.1) is 0 Å². The summed E-state index contributed by atoms with van der Waals surface area (Å²) in [5.41, 5.74) is 0. The molecule has 0 aliphatic carbocycles. The van der Waals surface area contributed by atoms with Gasteiger partial charge in [0.1, 0.15) is 0 Å². The van der Waals surface area contributed by atoms with Crippen LogP contribution in [0.25, 0.3) is 0 Å². The van der Waals surface area contributed by atoms with E-state index >= 15 is 0 Å². The Kier molecular flexibility index (Phi) is 1.15. The highest BCUT2D eigenvalue weighted by Crippen LogP contribution is 2.18. The molecule has 1 nitrogen and oxygen atoms in total. The van der Waals surface area contributed by atoms with Gasteiger partial charge < -0.3 is 0 Å². The first-order valence-corrected chi connectivity index (χ1v) is 2.91. The molecule has 1 aliphatic rings. The van der Waals surface area contributed by atoms with E-state index in [0.29, 0.717) is 0 Å². The minimum atomic E-state index is 0.741. The lowest BCUT2D eigenvalue weighted by atomic mass is 10.4. The van der Waals surface area contributed by atoms with Crippen molar-refractivity contribution in [2.75, 3.05) is 0 Å². The molecule has 34 valence electrons. The number of rotatable bonds is 0. The SMILES string of the molecule is C[C@@H]1CC=NS1. The van der Waals surface area contributed by atoms with E-state index in [9.17, 15) is 0 Å². The third kappa shape index (κ3) is 0.744. The van der Waals surface area contributed by atoms with E-state index in [4.69, 9.17) is 0 Å². The van der Waals surface area contributed by atoms with Crippen molar-refractivity contribution in [1.29, 1.82) is 0 Å². The van der Waals surface area contributed by atoms with E-state index < -0.39 is 0 Å². The summed E-state index contributed by atoms with van der Waals surface area (Å²) in [6.07, 6.45) is 3.12. The van der Waals surface area contributed by atoms with Crippen molar-refractivity contribution in [1.82, 2.24) is 0 Å². The van der Waals surface area contributed by atoms with Crippen LogP contribution in [0.5, 0.6) is 0 Å². The molecule has 0 spiro atoms. The molecule has 0 aromatic heterocycles. The van der Waals surface area contributed by atoms with Crippen LogP contribution in [0.4, 0.5) is 0 Å². The van der Waals surface area contributed by atoms with Gasteiger partial charge in [-0.15, -0.1) is 0 Å². The second-order valence-corrected chi connectivity index (χ2v) is 2.67. The molecule has 0 saturated heterocycles. The van der Waals surface area contributed by atoms with Gasteiger partial charge in [-0.3, -0.25) is 0 Å². The van der Waals surface area contributed by atoms with Crippen molar-refractivity contribution in [2.24, 2.45) is 4.40 Å². The standard InChI is InChI=1S/C4H7NS/c1-4-2-3-5-6-4/h3-4H,2H2,1H3/t4-/m1/s1. The fraction of sp³-hybridized carbons (Fsp3) is 0.750. The molecule has 1 rings (SSSR count). The lowest BCUT2D eigenvalue weighted by molar-refractivity contribution is 1.05. The Labute approximate surface area is 42.0 Å². The lowest BCUT2D eigenvalue weighted by Crippen LogP contribution is -1.85. The predicted molar refractivity (Wildman–Crippen MR) is 30.2 cm³/mol. The quantitative estimate of drug-likeness (QED) is 0.421. The summed E-state index contributed by atoms with van der Waals surface area (Å²) in [5, 5.41) is 0.741. The first kappa shape index (κ1) is 4.19. The lowest BCUT2D eigenvalue weighted by Gasteiger charge is -1.88. The minimum absolute atomic E-state index is 0.741. The van der Waals surface area contributed by atoms with Crippen LogP contribution in [-0.4, -0.2) is 11.5 Å². The molecule has 0 aromatic carbocycles.